The number of methoxy groups -OCH3 is 1. The largest absolute Gasteiger partial charge is 0.495 e. The molecule has 3 nitrogen and oxygen atoms in total. The fraction of sp³-hybridized carbons (Fsp3) is 0.455. The SMILES string of the molecule is CCN(CC)c1c(N)cccc1OC.Cl.Cl. The Kier molecular flexibility index (Phi) is 9.19. The lowest BCUT2D eigenvalue weighted by molar-refractivity contribution is 0.415. The van der Waals surface area contributed by atoms with Crippen molar-refractivity contribution in [3.63, 3.8) is 0 Å². The molecule has 1 aromatic carbocycles. The van der Waals surface area contributed by atoms with Gasteiger partial charge in [-0.15, -0.1) is 24.8 Å². The van der Waals surface area contributed by atoms with Crippen LogP contribution in [-0.2, 0) is 0 Å². The maximum absolute atomic E-state index is 5.93. The molecule has 94 valence electrons. The van der Waals surface area contributed by atoms with Crippen molar-refractivity contribution in [3.05, 3.63) is 18.2 Å². The van der Waals surface area contributed by atoms with Gasteiger partial charge in [0, 0.05) is 13.1 Å². The second-order valence-corrected chi connectivity index (χ2v) is 3.07. The lowest BCUT2D eigenvalue weighted by Crippen LogP contribution is -2.23. The molecule has 0 amide bonds. The molecule has 0 bridgehead atoms. The average molecular weight is 267 g/mol. The molecule has 0 saturated carbocycles. The third kappa shape index (κ3) is 3.65. The Balaban J connectivity index is 0. The Morgan fingerprint density at radius 1 is 1.19 bits per heavy atom. The zero-order chi connectivity index (χ0) is 10.6. The number of ether oxygens (including phenoxy) is 1. The summed E-state index contributed by atoms with van der Waals surface area (Å²) in [5.74, 6) is 0.841. The topological polar surface area (TPSA) is 38.5 Å². The first-order valence-corrected chi connectivity index (χ1v) is 4.92. The molecular weight excluding hydrogens is 247 g/mol. The average Bonchev–Trinajstić information content (AvgIpc) is 2.22. The minimum absolute atomic E-state index is 0. The molecule has 0 radical (unpaired) electrons. The minimum Gasteiger partial charge on any atom is -0.495 e. The summed E-state index contributed by atoms with van der Waals surface area (Å²) in [5, 5.41) is 0. The number of nitrogen functional groups attached to an aromatic ring is 1. The number of benzene rings is 1. The van der Waals surface area contributed by atoms with E-state index >= 15 is 0 Å². The van der Waals surface area contributed by atoms with Crippen LogP contribution in [0.3, 0.4) is 0 Å². The number of hydrogen-bond donors (Lipinski definition) is 1. The second kappa shape index (κ2) is 8.36. The van der Waals surface area contributed by atoms with Crippen LogP contribution in [0.15, 0.2) is 18.2 Å². The highest BCUT2D eigenvalue weighted by Crippen LogP contribution is 2.33. The van der Waals surface area contributed by atoms with E-state index in [-0.39, 0.29) is 24.8 Å². The molecule has 0 saturated heterocycles. The van der Waals surface area contributed by atoms with E-state index < -0.39 is 0 Å². The van der Waals surface area contributed by atoms with E-state index in [0.717, 1.165) is 30.2 Å². The van der Waals surface area contributed by atoms with Crippen molar-refractivity contribution in [2.75, 3.05) is 30.8 Å². The molecule has 2 N–H and O–H groups in total. The number of halogens is 2. The molecule has 0 aliphatic carbocycles. The summed E-state index contributed by atoms with van der Waals surface area (Å²) in [4.78, 5) is 2.19. The highest BCUT2D eigenvalue weighted by atomic mass is 35.5. The summed E-state index contributed by atoms with van der Waals surface area (Å²) in [6.07, 6.45) is 0. The van der Waals surface area contributed by atoms with E-state index in [4.69, 9.17) is 10.5 Å². The van der Waals surface area contributed by atoms with Gasteiger partial charge < -0.3 is 15.4 Å². The molecule has 5 heteroatoms. The number of rotatable bonds is 4. The number of para-hydroxylation sites is 1. The first-order chi connectivity index (χ1) is 6.74. The predicted octanol–water partition coefficient (Wildman–Crippen LogP) is 2.97. The lowest BCUT2D eigenvalue weighted by atomic mass is 10.2. The van der Waals surface area contributed by atoms with Crippen LogP contribution in [-0.4, -0.2) is 20.2 Å². The maximum atomic E-state index is 5.93. The van der Waals surface area contributed by atoms with Crippen LogP contribution in [0.5, 0.6) is 5.75 Å². The van der Waals surface area contributed by atoms with E-state index in [1.54, 1.807) is 7.11 Å². The molecule has 0 atom stereocenters. The number of nitrogens with two attached hydrogens (primary N) is 1. The van der Waals surface area contributed by atoms with Crippen molar-refractivity contribution in [3.8, 4) is 5.75 Å². The third-order valence-corrected chi connectivity index (χ3v) is 2.33. The smallest absolute Gasteiger partial charge is 0.144 e. The van der Waals surface area contributed by atoms with Crippen molar-refractivity contribution < 1.29 is 4.74 Å². The molecule has 1 rings (SSSR count). The minimum atomic E-state index is 0. The molecule has 0 heterocycles. The van der Waals surface area contributed by atoms with Gasteiger partial charge in [-0.3, -0.25) is 0 Å². The fourth-order valence-corrected chi connectivity index (χ4v) is 1.58. The molecule has 0 fully saturated rings. The van der Waals surface area contributed by atoms with E-state index in [1.165, 1.54) is 0 Å². The van der Waals surface area contributed by atoms with E-state index in [9.17, 15) is 0 Å². The Bertz CT molecular complexity index is 304. The molecule has 16 heavy (non-hydrogen) atoms. The highest BCUT2D eigenvalue weighted by molar-refractivity contribution is 5.85. The standard InChI is InChI=1S/C11H18N2O.2ClH/c1-4-13(5-2)11-9(12)7-6-8-10(11)14-3;;/h6-8H,4-5,12H2,1-3H3;2*1H. The van der Waals surface area contributed by atoms with E-state index in [2.05, 4.69) is 18.7 Å². The zero-order valence-electron chi connectivity index (χ0n) is 9.90. The van der Waals surface area contributed by atoms with Gasteiger partial charge in [-0.05, 0) is 26.0 Å². The van der Waals surface area contributed by atoms with E-state index in [1.807, 2.05) is 18.2 Å². The Morgan fingerprint density at radius 2 is 1.75 bits per heavy atom. The van der Waals surface area contributed by atoms with Crippen molar-refractivity contribution in [1.82, 2.24) is 0 Å². The summed E-state index contributed by atoms with van der Waals surface area (Å²) in [7, 11) is 1.67. The maximum Gasteiger partial charge on any atom is 0.144 e. The summed E-state index contributed by atoms with van der Waals surface area (Å²) in [6, 6.07) is 5.74. The molecule has 1 aromatic rings. The monoisotopic (exact) mass is 266 g/mol. The lowest BCUT2D eigenvalue weighted by Gasteiger charge is -2.24. The van der Waals surface area contributed by atoms with Crippen LogP contribution in [0.4, 0.5) is 11.4 Å². The third-order valence-electron chi connectivity index (χ3n) is 2.33. The van der Waals surface area contributed by atoms with Crippen LogP contribution in [0.1, 0.15) is 13.8 Å². The second-order valence-electron chi connectivity index (χ2n) is 3.07. The van der Waals surface area contributed by atoms with Gasteiger partial charge in [0.2, 0.25) is 0 Å². The van der Waals surface area contributed by atoms with E-state index in [0.29, 0.717) is 0 Å². The molecular formula is C11H20Cl2N2O. The fourth-order valence-electron chi connectivity index (χ4n) is 1.58. The van der Waals surface area contributed by atoms with Crippen molar-refractivity contribution in [2.24, 2.45) is 0 Å². The summed E-state index contributed by atoms with van der Waals surface area (Å²) < 4.78 is 5.29. The zero-order valence-corrected chi connectivity index (χ0v) is 11.5. The Morgan fingerprint density at radius 3 is 2.19 bits per heavy atom. The van der Waals surface area contributed by atoms with Crippen LogP contribution in [0.2, 0.25) is 0 Å². The number of nitrogens with zero attached hydrogens (tertiary/aromatic N) is 1. The summed E-state index contributed by atoms with van der Waals surface area (Å²) >= 11 is 0. The normalized spacial score (nSPS) is 8.69. The summed E-state index contributed by atoms with van der Waals surface area (Å²) in [5.41, 5.74) is 7.70. The molecule has 0 aliphatic heterocycles. The number of hydrogen-bond acceptors (Lipinski definition) is 3. The Hall–Kier alpha value is -0.800. The molecule has 0 aromatic heterocycles. The van der Waals surface area contributed by atoms with Crippen molar-refractivity contribution in [1.29, 1.82) is 0 Å². The Labute approximate surface area is 110 Å². The highest BCUT2D eigenvalue weighted by Gasteiger charge is 2.11. The van der Waals surface area contributed by atoms with Gasteiger partial charge in [0.15, 0.2) is 0 Å². The van der Waals surface area contributed by atoms with Gasteiger partial charge in [-0.25, -0.2) is 0 Å². The quantitative estimate of drug-likeness (QED) is 0.852. The van der Waals surface area contributed by atoms with Gasteiger partial charge in [-0.2, -0.15) is 0 Å². The first-order valence-electron chi connectivity index (χ1n) is 4.92. The van der Waals surface area contributed by atoms with Crippen LogP contribution < -0.4 is 15.4 Å². The molecule has 0 aliphatic rings. The van der Waals surface area contributed by atoms with Gasteiger partial charge >= 0.3 is 0 Å². The van der Waals surface area contributed by atoms with Crippen LogP contribution in [0.25, 0.3) is 0 Å². The van der Waals surface area contributed by atoms with Crippen LogP contribution >= 0.6 is 24.8 Å². The summed E-state index contributed by atoms with van der Waals surface area (Å²) in [6.45, 7) is 6.08. The van der Waals surface area contributed by atoms with Crippen molar-refractivity contribution >= 4 is 36.2 Å². The van der Waals surface area contributed by atoms with Gasteiger partial charge in [0.25, 0.3) is 0 Å². The molecule has 0 spiro atoms. The van der Waals surface area contributed by atoms with Gasteiger partial charge in [0.05, 0.1) is 12.8 Å². The van der Waals surface area contributed by atoms with Crippen LogP contribution in [0, 0.1) is 0 Å². The first kappa shape index (κ1) is 17.6. The van der Waals surface area contributed by atoms with Gasteiger partial charge in [0.1, 0.15) is 11.4 Å². The van der Waals surface area contributed by atoms with Crippen molar-refractivity contribution in [2.45, 2.75) is 13.8 Å². The molecule has 0 unspecified atom stereocenters. The van der Waals surface area contributed by atoms with Gasteiger partial charge in [-0.1, -0.05) is 6.07 Å². The number of anilines is 2. The predicted molar refractivity (Wildman–Crippen MR) is 75.5 cm³/mol.